The molecule has 5 heterocycles. The highest BCUT2D eigenvalue weighted by atomic mass is 19.1. The van der Waals surface area contributed by atoms with Crippen molar-refractivity contribution in [2.45, 2.75) is 114 Å². The van der Waals surface area contributed by atoms with Crippen LogP contribution in [0.25, 0.3) is 22.3 Å². The lowest BCUT2D eigenvalue weighted by atomic mass is 9.81. The van der Waals surface area contributed by atoms with Gasteiger partial charge in [0.25, 0.3) is 23.3 Å². The Hall–Kier alpha value is -8.18. The second-order valence-corrected chi connectivity index (χ2v) is 19.8. The van der Waals surface area contributed by atoms with E-state index < -0.39 is 102 Å². The number of ether oxygens (including phenoxy) is 2. The predicted molar refractivity (Wildman–Crippen MR) is 270 cm³/mol. The number of amides is 8. The van der Waals surface area contributed by atoms with Crippen molar-refractivity contribution in [2.24, 2.45) is 0 Å². The van der Waals surface area contributed by atoms with Gasteiger partial charge in [-0.15, -0.1) is 0 Å². The number of benzene rings is 2. The zero-order valence-corrected chi connectivity index (χ0v) is 42.4. The van der Waals surface area contributed by atoms with Crippen molar-refractivity contribution >= 4 is 64.1 Å². The van der Waals surface area contributed by atoms with Gasteiger partial charge in [0.05, 0.1) is 54.7 Å². The van der Waals surface area contributed by atoms with Crippen molar-refractivity contribution < 1.29 is 62.1 Å². The molecule has 0 radical (unpaired) electrons. The molecule has 77 heavy (non-hydrogen) atoms. The maximum Gasteiger partial charge on any atom is 0.343 e. The molecule has 1 saturated carbocycles. The molecular formula is C54H58FN9O13. The highest BCUT2D eigenvalue weighted by Gasteiger charge is 2.53. The molecule has 0 saturated heterocycles. The molecule has 7 N–H and O–H groups in total. The molecule has 22 nitrogen and oxygen atoms in total. The molecular weight excluding hydrogens is 1000 g/mol. The van der Waals surface area contributed by atoms with Crippen LogP contribution in [0.1, 0.15) is 103 Å². The van der Waals surface area contributed by atoms with Crippen LogP contribution in [0.5, 0.6) is 0 Å². The number of halogens is 1. The van der Waals surface area contributed by atoms with Crippen LogP contribution >= 0.6 is 0 Å². The van der Waals surface area contributed by atoms with E-state index in [0.29, 0.717) is 89.5 Å². The monoisotopic (exact) mass is 1060 g/mol. The molecule has 2 aliphatic carbocycles. The topological polar surface area (TPSA) is 303 Å². The number of rotatable bonds is 22. The number of aliphatic hydroxyl groups is 1. The number of pyridine rings is 2. The summed E-state index contributed by atoms with van der Waals surface area (Å²) in [5.74, 6) is -5.65. The number of cyclic esters (lactones) is 1. The van der Waals surface area contributed by atoms with Crippen molar-refractivity contribution in [3.05, 3.63) is 110 Å². The Morgan fingerprint density at radius 3 is 2.30 bits per heavy atom. The highest BCUT2D eigenvalue weighted by Crippen LogP contribution is 2.47. The van der Waals surface area contributed by atoms with Gasteiger partial charge in [-0.25, -0.2) is 14.2 Å². The zero-order valence-electron chi connectivity index (χ0n) is 42.4. The van der Waals surface area contributed by atoms with Crippen molar-refractivity contribution in [1.82, 2.24) is 46.4 Å². The van der Waals surface area contributed by atoms with Gasteiger partial charge < -0.3 is 51.0 Å². The van der Waals surface area contributed by atoms with Crippen molar-refractivity contribution in [3.8, 4) is 11.4 Å². The molecule has 4 aromatic rings. The largest absolute Gasteiger partial charge is 0.458 e. The average Bonchev–Trinajstić information content (AvgIpc) is 4.09. The fourth-order valence-corrected chi connectivity index (χ4v) is 10.3. The minimum Gasteiger partial charge on any atom is -0.458 e. The number of aryl methyl sites for hydroxylation is 1. The second kappa shape index (κ2) is 22.2. The minimum absolute atomic E-state index is 0.0391. The van der Waals surface area contributed by atoms with Crippen molar-refractivity contribution in [3.63, 3.8) is 0 Å². The normalized spacial score (nSPS) is 18.6. The Morgan fingerprint density at radius 2 is 1.57 bits per heavy atom. The lowest BCUT2D eigenvalue weighted by Gasteiger charge is -2.31. The van der Waals surface area contributed by atoms with E-state index in [1.54, 1.807) is 50.2 Å². The van der Waals surface area contributed by atoms with E-state index in [2.05, 4.69) is 31.9 Å². The van der Waals surface area contributed by atoms with E-state index in [1.807, 2.05) is 0 Å². The molecule has 8 amide bonds. The first-order valence-electron chi connectivity index (χ1n) is 25.6. The minimum atomic E-state index is -2.05. The fourth-order valence-electron chi connectivity index (χ4n) is 10.3. The summed E-state index contributed by atoms with van der Waals surface area (Å²) in [6.45, 7) is 1.44. The molecule has 0 bridgehead atoms. The molecule has 23 heteroatoms. The SMILES string of the molecule is CCC1(O)C(=O)OCc2c1cc1n(c2=O)Cc2c-1nc1cc(F)c(C)c3c1c2C(NC(=O)C1(OCNC(=O)CNC(=O)C(Cc2ccccc2)NC(=O)CNC(=O)CNC(=O)CCCCCN2C(=O)C=CC2=O)CC1)CC3. The van der Waals surface area contributed by atoms with Crippen LogP contribution in [0.4, 0.5) is 4.39 Å². The van der Waals surface area contributed by atoms with Crippen LogP contribution in [0.15, 0.2) is 59.4 Å². The summed E-state index contributed by atoms with van der Waals surface area (Å²) in [5.41, 5.74) is 0.637. The maximum absolute atomic E-state index is 15.5. The van der Waals surface area contributed by atoms with Crippen LogP contribution in [-0.4, -0.2) is 117 Å². The van der Waals surface area contributed by atoms with E-state index in [4.69, 9.17) is 14.5 Å². The first-order chi connectivity index (χ1) is 36.9. The number of unbranched alkanes of at least 4 members (excludes halogenated alkanes) is 2. The van der Waals surface area contributed by atoms with E-state index in [0.717, 1.165) is 10.5 Å². The first-order valence-corrected chi connectivity index (χ1v) is 25.6. The number of esters is 1. The maximum atomic E-state index is 15.5. The number of nitrogens with zero attached hydrogens (tertiary/aromatic N) is 3. The lowest BCUT2D eigenvalue weighted by Crippen LogP contribution is -2.52. The molecule has 404 valence electrons. The van der Waals surface area contributed by atoms with E-state index in [1.165, 1.54) is 22.8 Å². The van der Waals surface area contributed by atoms with Gasteiger partial charge in [-0.2, -0.15) is 0 Å². The predicted octanol–water partition coefficient (Wildman–Crippen LogP) is 0.815. The van der Waals surface area contributed by atoms with Crippen LogP contribution in [0.3, 0.4) is 0 Å². The average molecular weight is 1060 g/mol. The third-order valence-electron chi connectivity index (χ3n) is 14.9. The number of hydrogen-bond donors (Lipinski definition) is 7. The molecule has 1 fully saturated rings. The van der Waals surface area contributed by atoms with Gasteiger partial charge in [-0.3, -0.25) is 48.1 Å². The quantitative estimate of drug-likeness (QED) is 0.0219. The summed E-state index contributed by atoms with van der Waals surface area (Å²) < 4.78 is 28.2. The van der Waals surface area contributed by atoms with Gasteiger partial charge >= 0.3 is 5.97 Å². The number of carbonyl (C=O) groups excluding carboxylic acids is 9. The number of hydrogen-bond acceptors (Lipinski definition) is 14. The summed E-state index contributed by atoms with van der Waals surface area (Å²) in [6, 6.07) is 9.89. The van der Waals surface area contributed by atoms with Gasteiger partial charge in [-0.1, -0.05) is 43.7 Å². The smallest absolute Gasteiger partial charge is 0.343 e. The van der Waals surface area contributed by atoms with Crippen molar-refractivity contribution in [1.29, 1.82) is 0 Å². The number of nitrogens with one attached hydrogen (secondary N) is 6. The fraction of sp³-hybridized carbons (Fsp3) is 0.426. The van der Waals surface area contributed by atoms with Crippen LogP contribution < -0.4 is 37.5 Å². The van der Waals surface area contributed by atoms with E-state index in [9.17, 15) is 53.1 Å². The third kappa shape index (κ3) is 11.1. The standard InChI is InChI=1S/C54H58FN9O13/c1-3-54(75)34-21-39-48-32(26-64(39)50(72)33(34)27-76-52(54)74)47-36(14-13-31-29(2)35(55)22-37(61-48)46(31)47)62-51(73)53(17-18-53)77-28-59-42(67)24-58-49(71)38(20-30-10-6-4-7-11-30)60-43(68)25-57-41(66)23-56-40(65)12-8-5-9-19-63-44(69)15-16-45(63)70/h4,6-7,10-11,15-16,21-22,36,38,75H,3,5,8-9,12-14,17-20,23-28H2,1-2H3,(H,56,65)(H,57,66)(H,58,71)(H,59,67)(H,60,68)(H,62,73). The third-order valence-corrected chi connectivity index (χ3v) is 14.9. The molecule has 2 aromatic carbocycles. The van der Waals surface area contributed by atoms with Crippen LogP contribution in [0, 0.1) is 12.7 Å². The molecule has 5 aliphatic rings. The molecule has 3 atom stereocenters. The Balaban J connectivity index is 0.769. The summed E-state index contributed by atoms with van der Waals surface area (Å²) in [4.78, 5) is 135. The summed E-state index contributed by atoms with van der Waals surface area (Å²) in [7, 11) is 0. The van der Waals surface area contributed by atoms with E-state index >= 15 is 4.39 Å². The summed E-state index contributed by atoms with van der Waals surface area (Å²) in [5, 5.41) is 27.7. The summed E-state index contributed by atoms with van der Waals surface area (Å²) in [6.07, 6.45) is 5.51. The van der Waals surface area contributed by atoms with Gasteiger partial charge in [0, 0.05) is 54.1 Å². The molecule has 2 aromatic heterocycles. The van der Waals surface area contributed by atoms with Gasteiger partial charge in [0.1, 0.15) is 30.8 Å². The molecule has 3 unspecified atom stereocenters. The number of imide groups is 1. The van der Waals surface area contributed by atoms with Crippen LogP contribution in [0.2, 0.25) is 0 Å². The highest BCUT2D eigenvalue weighted by molar-refractivity contribution is 6.12. The zero-order chi connectivity index (χ0) is 54.8. The Morgan fingerprint density at radius 1 is 0.870 bits per heavy atom. The Bertz CT molecular complexity index is 3210. The van der Waals surface area contributed by atoms with Gasteiger partial charge in [-0.05, 0) is 80.2 Å². The van der Waals surface area contributed by atoms with Crippen LogP contribution in [-0.2, 0) is 84.2 Å². The first kappa shape index (κ1) is 53.6. The van der Waals surface area contributed by atoms with Gasteiger partial charge in [0.15, 0.2) is 5.60 Å². The molecule has 9 rings (SSSR count). The number of carbonyl (C=O) groups is 9. The van der Waals surface area contributed by atoms with Crippen molar-refractivity contribution in [2.75, 3.05) is 32.9 Å². The Kier molecular flexibility index (Phi) is 15.5. The Labute approximate surface area is 439 Å². The summed E-state index contributed by atoms with van der Waals surface area (Å²) >= 11 is 0. The number of fused-ring (bicyclic) bond motifs is 5. The van der Waals surface area contributed by atoms with E-state index in [-0.39, 0.29) is 61.9 Å². The second-order valence-electron chi connectivity index (χ2n) is 19.8. The molecule has 0 spiro atoms. The molecule has 3 aliphatic heterocycles. The number of aromatic nitrogens is 2. The van der Waals surface area contributed by atoms with Gasteiger partial charge in [0.2, 0.25) is 29.5 Å². The lowest BCUT2D eigenvalue weighted by molar-refractivity contribution is -0.172.